The van der Waals surface area contributed by atoms with Gasteiger partial charge >= 0.3 is 0 Å². The van der Waals surface area contributed by atoms with Crippen molar-refractivity contribution in [3.05, 3.63) is 42.8 Å². The van der Waals surface area contributed by atoms with Crippen molar-refractivity contribution in [1.29, 1.82) is 0 Å². The van der Waals surface area contributed by atoms with Gasteiger partial charge in [0.2, 0.25) is 5.89 Å². The fourth-order valence-electron chi connectivity index (χ4n) is 1.64. The molecule has 0 amide bonds. The Hall–Kier alpha value is -2.23. The van der Waals surface area contributed by atoms with Crippen LogP contribution in [0.15, 0.2) is 47.2 Å². The molecule has 0 saturated carbocycles. The van der Waals surface area contributed by atoms with Gasteiger partial charge in [0.1, 0.15) is 12.0 Å². The molecule has 0 saturated heterocycles. The summed E-state index contributed by atoms with van der Waals surface area (Å²) in [4.78, 5) is 4.00. The molecule has 0 fully saturated rings. The molecular weight excluding hydrogens is 192 g/mol. The summed E-state index contributed by atoms with van der Waals surface area (Å²) in [5, 5.41) is 10.8. The second-order valence-electron chi connectivity index (χ2n) is 3.24. The molecule has 0 spiro atoms. The highest BCUT2D eigenvalue weighted by Gasteiger charge is 2.12. The summed E-state index contributed by atoms with van der Waals surface area (Å²) in [6.45, 7) is 0. The van der Waals surface area contributed by atoms with E-state index in [1.54, 1.807) is 6.20 Å². The monoisotopic (exact) mass is 200 g/mol. The third-order valence-electron chi connectivity index (χ3n) is 2.34. The van der Waals surface area contributed by atoms with Crippen LogP contribution in [0, 0.1) is 0 Å². The van der Waals surface area contributed by atoms with Crippen LogP contribution in [0.1, 0.15) is 0 Å². The maximum Gasteiger partial charge on any atom is 0.246 e. The molecule has 3 aromatic rings. The van der Waals surface area contributed by atoms with E-state index in [1.807, 2.05) is 30.3 Å². The average Bonchev–Trinajstić information content (AvgIpc) is 2.87. The van der Waals surface area contributed by atoms with Crippen LogP contribution in [0.4, 0.5) is 0 Å². The normalized spacial score (nSPS) is 10.9. The zero-order valence-electron chi connectivity index (χ0n) is 7.79. The maximum atomic E-state index is 9.88. The van der Waals surface area contributed by atoms with E-state index in [-0.39, 0.29) is 0 Å². The smallest absolute Gasteiger partial charge is 0.246 e. The Bertz CT molecular complexity index is 596. The predicted molar refractivity (Wildman–Crippen MR) is 54.6 cm³/mol. The second kappa shape index (κ2) is 2.88. The van der Waals surface area contributed by atoms with Gasteiger partial charge in [0.15, 0.2) is 0 Å². The van der Waals surface area contributed by atoms with E-state index >= 15 is 0 Å². The average molecular weight is 200 g/mol. The number of hydrogen-bond acceptors (Lipinski definition) is 3. The fraction of sp³-hybridized carbons (Fsp3) is 0. The lowest BCUT2D eigenvalue weighted by Crippen LogP contribution is -1.92. The van der Waals surface area contributed by atoms with E-state index < -0.39 is 0 Å². The number of rotatable bonds is 1. The van der Waals surface area contributed by atoms with E-state index in [1.165, 1.54) is 6.26 Å². The quantitative estimate of drug-likeness (QED) is 0.614. The molecule has 0 aliphatic carbocycles. The van der Waals surface area contributed by atoms with E-state index in [4.69, 9.17) is 4.42 Å². The molecule has 0 bridgehead atoms. The van der Waals surface area contributed by atoms with Gasteiger partial charge in [-0.15, -0.1) is 0 Å². The summed E-state index contributed by atoms with van der Waals surface area (Å²) in [5.41, 5.74) is 1.30. The molecule has 74 valence electrons. The third-order valence-corrected chi connectivity index (χ3v) is 2.34. The Morgan fingerprint density at radius 1 is 1.27 bits per heavy atom. The highest BCUT2D eigenvalue weighted by molar-refractivity contribution is 5.85. The molecule has 1 N–H and O–H groups in total. The summed E-state index contributed by atoms with van der Waals surface area (Å²) in [5.74, 6) is 0.411. The molecule has 3 rings (SSSR count). The number of nitrogens with zero attached hydrogens (tertiary/aromatic N) is 2. The SMILES string of the molecule is On1c(-c2ncco2)cc2ccccc21. The Balaban J connectivity index is 2.33. The van der Waals surface area contributed by atoms with Gasteiger partial charge in [-0.2, -0.15) is 4.73 Å². The molecule has 0 aliphatic rings. The number of aromatic nitrogens is 2. The molecule has 2 aromatic heterocycles. The minimum atomic E-state index is 0.411. The Morgan fingerprint density at radius 3 is 2.87 bits per heavy atom. The van der Waals surface area contributed by atoms with Crippen LogP contribution < -0.4 is 0 Å². The van der Waals surface area contributed by atoms with Crippen molar-refractivity contribution in [1.82, 2.24) is 9.71 Å². The topological polar surface area (TPSA) is 51.2 Å². The van der Waals surface area contributed by atoms with Crippen molar-refractivity contribution in [3.63, 3.8) is 0 Å². The predicted octanol–water partition coefficient (Wildman–Crippen LogP) is 2.53. The summed E-state index contributed by atoms with van der Waals surface area (Å²) >= 11 is 0. The zero-order valence-corrected chi connectivity index (χ0v) is 7.79. The van der Waals surface area contributed by atoms with Gasteiger partial charge in [-0.05, 0) is 12.1 Å². The molecule has 15 heavy (non-hydrogen) atoms. The summed E-state index contributed by atoms with van der Waals surface area (Å²) in [6.07, 6.45) is 3.03. The van der Waals surface area contributed by atoms with Gasteiger partial charge in [-0.1, -0.05) is 18.2 Å². The van der Waals surface area contributed by atoms with Crippen LogP contribution >= 0.6 is 0 Å². The highest BCUT2D eigenvalue weighted by Crippen LogP contribution is 2.25. The molecule has 0 atom stereocenters. The fourth-order valence-corrected chi connectivity index (χ4v) is 1.64. The first-order valence-electron chi connectivity index (χ1n) is 4.56. The van der Waals surface area contributed by atoms with Crippen molar-refractivity contribution >= 4 is 10.9 Å². The summed E-state index contributed by atoms with van der Waals surface area (Å²) < 4.78 is 6.22. The molecule has 2 heterocycles. The van der Waals surface area contributed by atoms with Crippen molar-refractivity contribution in [2.45, 2.75) is 0 Å². The minimum Gasteiger partial charge on any atom is -0.443 e. The van der Waals surface area contributed by atoms with Gasteiger partial charge in [0.25, 0.3) is 0 Å². The van der Waals surface area contributed by atoms with Crippen molar-refractivity contribution < 1.29 is 9.62 Å². The van der Waals surface area contributed by atoms with Crippen LogP contribution in [0.3, 0.4) is 0 Å². The standard InChI is InChI=1S/C11H8N2O2/c14-13-9-4-2-1-3-8(9)7-10(13)11-12-5-6-15-11/h1-7,14H. The zero-order chi connectivity index (χ0) is 10.3. The van der Waals surface area contributed by atoms with Gasteiger partial charge in [-0.25, -0.2) is 4.98 Å². The van der Waals surface area contributed by atoms with E-state index in [9.17, 15) is 5.21 Å². The highest BCUT2D eigenvalue weighted by atomic mass is 16.5. The number of hydrogen-bond donors (Lipinski definition) is 1. The van der Waals surface area contributed by atoms with Crippen molar-refractivity contribution in [3.8, 4) is 11.6 Å². The molecule has 0 aliphatic heterocycles. The van der Waals surface area contributed by atoms with Crippen molar-refractivity contribution in [2.75, 3.05) is 0 Å². The molecular formula is C11H8N2O2. The lowest BCUT2D eigenvalue weighted by atomic mass is 10.2. The van der Waals surface area contributed by atoms with Crippen molar-refractivity contribution in [2.24, 2.45) is 0 Å². The van der Waals surface area contributed by atoms with E-state index in [2.05, 4.69) is 4.98 Å². The van der Waals surface area contributed by atoms with E-state index in [0.717, 1.165) is 15.6 Å². The first-order valence-corrected chi connectivity index (χ1v) is 4.56. The maximum absolute atomic E-state index is 9.88. The lowest BCUT2D eigenvalue weighted by Gasteiger charge is -1.97. The van der Waals surface area contributed by atoms with Crippen LogP contribution in [0.25, 0.3) is 22.5 Å². The molecule has 4 heteroatoms. The third kappa shape index (κ3) is 1.11. The molecule has 0 radical (unpaired) electrons. The van der Waals surface area contributed by atoms with Crippen LogP contribution in [-0.2, 0) is 0 Å². The van der Waals surface area contributed by atoms with Gasteiger partial charge in [-0.3, -0.25) is 0 Å². The number of oxazole rings is 1. The van der Waals surface area contributed by atoms with Gasteiger partial charge in [0, 0.05) is 5.39 Å². The second-order valence-corrected chi connectivity index (χ2v) is 3.24. The lowest BCUT2D eigenvalue weighted by molar-refractivity contribution is 0.203. The van der Waals surface area contributed by atoms with Gasteiger partial charge in [0.05, 0.1) is 11.7 Å². The van der Waals surface area contributed by atoms with Crippen LogP contribution in [-0.4, -0.2) is 14.9 Å². The first-order chi connectivity index (χ1) is 7.36. The van der Waals surface area contributed by atoms with Crippen LogP contribution in [0.5, 0.6) is 0 Å². The number of fused-ring (bicyclic) bond motifs is 1. The molecule has 4 nitrogen and oxygen atoms in total. The largest absolute Gasteiger partial charge is 0.443 e. The Kier molecular flexibility index (Phi) is 1.56. The molecule has 0 unspecified atom stereocenters. The first kappa shape index (κ1) is 8.11. The van der Waals surface area contributed by atoms with E-state index in [0.29, 0.717) is 11.6 Å². The number of para-hydroxylation sites is 1. The number of benzene rings is 1. The minimum absolute atomic E-state index is 0.411. The Labute approximate surface area is 85.4 Å². The summed E-state index contributed by atoms with van der Waals surface area (Å²) in [6, 6.07) is 9.38. The molecule has 1 aromatic carbocycles. The summed E-state index contributed by atoms with van der Waals surface area (Å²) in [7, 11) is 0. The Morgan fingerprint density at radius 2 is 2.13 bits per heavy atom. The van der Waals surface area contributed by atoms with Gasteiger partial charge < -0.3 is 9.62 Å². The van der Waals surface area contributed by atoms with Crippen LogP contribution in [0.2, 0.25) is 0 Å².